The molecule has 0 radical (unpaired) electrons. The van der Waals surface area contributed by atoms with Crippen molar-refractivity contribution in [2.75, 3.05) is 7.11 Å². The number of nitrogens with zero attached hydrogens (tertiary/aromatic N) is 1. The first-order valence-corrected chi connectivity index (χ1v) is 4.93. The zero-order valence-corrected chi connectivity index (χ0v) is 10.6. The molecule has 3 amide bonds. The number of carbonyl (C=O) groups is 3. The van der Waals surface area contributed by atoms with Gasteiger partial charge in [-0.15, -0.1) is 0 Å². The minimum absolute atomic E-state index is 0.0787. The molecular weight excluding hydrogens is 322 g/mol. The quantitative estimate of drug-likeness (QED) is 0.572. The van der Waals surface area contributed by atoms with Crippen molar-refractivity contribution >= 4 is 50.3 Å². The molecule has 0 spiro atoms. The summed E-state index contributed by atoms with van der Waals surface area (Å²) in [5.41, 5.74) is 0. The molecule has 0 fully saturated rings. The Balaban J connectivity index is 4.91. The summed E-state index contributed by atoms with van der Waals surface area (Å²) in [6.45, 7) is 1.59. The maximum Gasteiger partial charge on any atom is 0.423 e. The van der Waals surface area contributed by atoms with E-state index in [9.17, 15) is 14.4 Å². The predicted molar refractivity (Wildman–Crippen MR) is 55.9 cm³/mol. The SMILES string of the molecule is COC(=O)N(C=O)C(=O)/C(Br)=C(\C)Br. The molecule has 7 heteroatoms. The molecule has 14 heavy (non-hydrogen) atoms. The second kappa shape index (κ2) is 5.92. The number of allylic oxidation sites excluding steroid dienone is 1. The van der Waals surface area contributed by atoms with E-state index in [-0.39, 0.29) is 10.9 Å². The lowest BCUT2D eigenvalue weighted by Crippen LogP contribution is -2.35. The smallest absolute Gasteiger partial charge is 0.423 e. The van der Waals surface area contributed by atoms with Crippen LogP contribution in [0.2, 0.25) is 0 Å². The molecule has 78 valence electrons. The highest BCUT2D eigenvalue weighted by Gasteiger charge is 2.24. The van der Waals surface area contributed by atoms with Gasteiger partial charge in [0.2, 0.25) is 6.41 Å². The van der Waals surface area contributed by atoms with E-state index in [1.165, 1.54) is 0 Å². The van der Waals surface area contributed by atoms with Crippen LogP contribution in [-0.2, 0) is 14.3 Å². The van der Waals surface area contributed by atoms with Gasteiger partial charge in [-0.2, -0.15) is 4.90 Å². The molecule has 0 aliphatic rings. The van der Waals surface area contributed by atoms with E-state index < -0.39 is 12.0 Å². The Labute approximate surface area is 97.3 Å². The molecule has 0 aromatic heterocycles. The maximum atomic E-state index is 11.4. The van der Waals surface area contributed by atoms with E-state index >= 15 is 0 Å². The van der Waals surface area contributed by atoms with E-state index in [1.807, 2.05) is 0 Å². The lowest BCUT2D eigenvalue weighted by atomic mass is 10.4. The fraction of sp³-hybridized carbons (Fsp3) is 0.286. The van der Waals surface area contributed by atoms with E-state index in [2.05, 4.69) is 36.6 Å². The third kappa shape index (κ3) is 3.22. The number of halogens is 2. The van der Waals surface area contributed by atoms with Gasteiger partial charge in [0.25, 0.3) is 5.91 Å². The number of ether oxygens (including phenoxy) is 1. The molecule has 0 saturated heterocycles. The van der Waals surface area contributed by atoms with Gasteiger partial charge in [0.1, 0.15) is 0 Å². The minimum Gasteiger partial charge on any atom is -0.452 e. The summed E-state index contributed by atoms with van der Waals surface area (Å²) < 4.78 is 4.78. The van der Waals surface area contributed by atoms with Crippen molar-refractivity contribution in [3.05, 3.63) is 8.96 Å². The van der Waals surface area contributed by atoms with Crippen LogP contribution in [0.3, 0.4) is 0 Å². The second-order valence-electron chi connectivity index (χ2n) is 2.10. The van der Waals surface area contributed by atoms with Gasteiger partial charge in [-0.3, -0.25) is 9.59 Å². The van der Waals surface area contributed by atoms with Crippen LogP contribution in [0, 0.1) is 0 Å². The summed E-state index contributed by atoms with van der Waals surface area (Å²) in [6, 6.07) is 0. The van der Waals surface area contributed by atoms with Crippen molar-refractivity contribution in [2.45, 2.75) is 6.92 Å². The average molecular weight is 329 g/mol. The Bertz CT molecular complexity index is 296. The van der Waals surface area contributed by atoms with E-state index in [0.29, 0.717) is 9.38 Å². The molecule has 0 rings (SSSR count). The molecule has 5 nitrogen and oxygen atoms in total. The van der Waals surface area contributed by atoms with Gasteiger partial charge in [0, 0.05) is 4.48 Å². The Morgan fingerprint density at radius 1 is 1.36 bits per heavy atom. The Hall–Kier alpha value is -0.690. The van der Waals surface area contributed by atoms with Crippen LogP contribution in [0.25, 0.3) is 0 Å². The Morgan fingerprint density at radius 2 is 1.86 bits per heavy atom. The van der Waals surface area contributed by atoms with Gasteiger partial charge in [0.15, 0.2) is 0 Å². The van der Waals surface area contributed by atoms with Crippen LogP contribution in [0.4, 0.5) is 4.79 Å². The summed E-state index contributed by atoms with van der Waals surface area (Å²) in [6.07, 6.45) is -0.943. The van der Waals surface area contributed by atoms with Crippen molar-refractivity contribution < 1.29 is 19.1 Å². The van der Waals surface area contributed by atoms with Gasteiger partial charge >= 0.3 is 6.09 Å². The highest BCUT2D eigenvalue weighted by atomic mass is 79.9. The van der Waals surface area contributed by atoms with Gasteiger partial charge in [-0.05, 0) is 22.9 Å². The van der Waals surface area contributed by atoms with E-state index in [4.69, 9.17) is 0 Å². The maximum absolute atomic E-state index is 11.4. The summed E-state index contributed by atoms with van der Waals surface area (Å²) >= 11 is 5.95. The summed E-state index contributed by atoms with van der Waals surface area (Å²) in [7, 11) is 1.07. The summed E-state index contributed by atoms with van der Waals surface area (Å²) in [4.78, 5) is 33.0. The highest BCUT2D eigenvalue weighted by molar-refractivity contribution is 9.14. The Kier molecular flexibility index (Phi) is 5.63. The van der Waals surface area contributed by atoms with Gasteiger partial charge in [-0.25, -0.2) is 4.79 Å². The molecule has 0 unspecified atom stereocenters. The number of hydrogen-bond donors (Lipinski definition) is 0. The van der Waals surface area contributed by atoms with Crippen LogP contribution in [-0.4, -0.2) is 30.4 Å². The molecule has 0 bridgehead atoms. The number of carbonyl (C=O) groups excluding carboxylic acids is 3. The van der Waals surface area contributed by atoms with Crippen molar-refractivity contribution in [3.63, 3.8) is 0 Å². The lowest BCUT2D eigenvalue weighted by molar-refractivity contribution is -0.132. The van der Waals surface area contributed by atoms with Crippen LogP contribution in [0.1, 0.15) is 6.92 Å². The first kappa shape index (κ1) is 13.3. The number of methoxy groups -OCH3 is 1. The molecular formula is C7H7Br2NO4. The fourth-order valence-corrected chi connectivity index (χ4v) is 0.886. The van der Waals surface area contributed by atoms with Crippen molar-refractivity contribution in [2.24, 2.45) is 0 Å². The Morgan fingerprint density at radius 3 is 2.14 bits per heavy atom. The predicted octanol–water partition coefficient (Wildman–Crippen LogP) is 1.76. The van der Waals surface area contributed by atoms with Crippen LogP contribution in [0.15, 0.2) is 8.96 Å². The molecule has 0 aliphatic carbocycles. The lowest BCUT2D eigenvalue weighted by Gasteiger charge is -2.11. The first-order valence-electron chi connectivity index (χ1n) is 3.34. The number of rotatable bonds is 2. The fourth-order valence-electron chi connectivity index (χ4n) is 0.525. The van der Waals surface area contributed by atoms with Crippen molar-refractivity contribution in [1.82, 2.24) is 4.90 Å². The van der Waals surface area contributed by atoms with Gasteiger partial charge in [-0.1, -0.05) is 15.9 Å². The van der Waals surface area contributed by atoms with Gasteiger partial charge < -0.3 is 4.74 Å². The zero-order chi connectivity index (χ0) is 11.3. The number of amides is 3. The number of hydrogen-bond acceptors (Lipinski definition) is 4. The minimum atomic E-state index is -1.03. The molecule has 0 saturated carbocycles. The zero-order valence-electron chi connectivity index (χ0n) is 7.41. The van der Waals surface area contributed by atoms with Crippen molar-refractivity contribution in [3.8, 4) is 0 Å². The highest BCUT2D eigenvalue weighted by Crippen LogP contribution is 2.19. The average Bonchev–Trinajstić information content (AvgIpc) is 2.16. The standard InChI is InChI=1S/C7H7Br2NO4/c1-4(8)5(9)6(12)10(3-11)7(13)14-2/h3H,1-2H3/b5-4-. The van der Waals surface area contributed by atoms with Crippen LogP contribution >= 0.6 is 31.9 Å². The molecule has 0 aliphatic heterocycles. The number of imide groups is 3. The molecule has 0 atom stereocenters. The molecule has 0 aromatic rings. The van der Waals surface area contributed by atoms with Crippen LogP contribution in [0.5, 0.6) is 0 Å². The van der Waals surface area contributed by atoms with Crippen molar-refractivity contribution in [1.29, 1.82) is 0 Å². The van der Waals surface area contributed by atoms with Gasteiger partial charge in [0.05, 0.1) is 11.6 Å². The third-order valence-corrected chi connectivity index (χ3v) is 3.05. The third-order valence-electron chi connectivity index (χ3n) is 1.19. The monoisotopic (exact) mass is 327 g/mol. The van der Waals surface area contributed by atoms with Crippen LogP contribution < -0.4 is 0 Å². The van der Waals surface area contributed by atoms with E-state index in [0.717, 1.165) is 7.11 Å². The molecule has 0 heterocycles. The van der Waals surface area contributed by atoms with E-state index in [1.54, 1.807) is 6.92 Å². The largest absolute Gasteiger partial charge is 0.452 e. The summed E-state index contributed by atoms with van der Waals surface area (Å²) in [5, 5.41) is 0. The molecule has 0 aromatic carbocycles. The summed E-state index contributed by atoms with van der Waals surface area (Å²) in [5.74, 6) is -0.791. The second-order valence-corrected chi connectivity index (χ2v) is 4.08. The molecule has 0 N–H and O–H groups in total. The topological polar surface area (TPSA) is 63.7 Å². The first-order chi connectivity index (χ1) is 6.45. The normalized spacial score (nSPS) is 11.4.